The Bertz CT molecular complexity index is 1650. The predicted octanol–water partition coefficient (Wildman–Crippen LogP) is 3.54. The van der Waals surface area contributed by atoms with Crippen molar-refractivity contribution >= 4 is 29.8 Å². The van der Waals surface area contributed by atoms with Crippen molar-refractivity contribution in [1.82, 2.24) is 0 Å². The van der Waals surface area contributed by atoms with Gasteiger partial charge in [0.25, 0.3) is 0 Å². The lowest BCUT2D eigenvalue weighted by Crippen LogP contribution is -2.82. The molecule has 0 aromatic heterocycles. The van der Waals surface area contributed by atoms with Gasteiger partial charge in [-0.2, -0.15) is 0 Å². The molecule has 9 atom stereocenters. The summed E-state index contributed by atoms with van der Waals surface area (Å²) in [6.45, 7) is 18.4. The molecule has 4 saturated heterocycles. The van der Waals surface area contributed by atoms with E-state index in [4.69, 9.17) is 28.4 Å². The van der Waals surface area contributed by atoms with Crippen molar-refractivity contribution in [3.8, 4) is 0 Å². The highest BCUT2D eigenvalue weighted by atomic mass is 16.7. The fourth-order valence-corrected chi connectivity index (χ4v) is 10.1. The van der Waals surface area contributed by atoms with Gasteiger partial charge in [-0.3, -0.25) is 14.4 Å². The molecule has 2 aliphatic carbocycles. The molecule has 2 saturated carbocycles. The number of cyclic esters (lactones) is 2. The smallest absolute Gasteiger partial charge is 0.345 e. The fraction of sp³-hybridized carbons (Fsp3) is 0.559. The van der Waals surface area contributed by atoms with Gasteiger partial charge < -0.3 is 28.4 Å². The second-order valence-corrected chi connectivity index (χ2v) is 14.0. The molecule has 4 heterocycles. The molecule has 4 aliphatic heterocycles. The molecule has 0 radical (unpaired) electrons. The van der Waals surface area contributed by atoms with Gasteiger partial charge in [-0.1, -0.05) is 38.3 Å². The van der Waals surface area contributed by atoms with E-state index in [9.17, 15) is 24.0 Å². The third-order valence-corrected chi connectivity index (χ3v) is 12.1. The summed E-state index contributed by atoms with van der Waals surface area (Å²) in [6, 6.07) is 8.35. The van der Waals surface area contributed by atoms with Crippen LogP contribution in [0.25, 0.3) is 0 Å². The van der Waals surface area contributed by atoms with Crippen LogP contribution in [0.15, 0.2) is 54.6 Å². The Labute approximate surface area is 260 Å². The quantitative estimate of drug-likeness (QED) is 0.278. The van der Waals surface area contributed by atoms with Crippen LogP contribution in [0, 0.1) is 16.2 Å². The van der Waals surface area contributed by atoms with Crippen LogP contribution in [0.3, 0.4) is 0 Å². The molecule has 0 N–H and O–H groups in total. The fourth-order valence-electron chi connectivity index (χ4n) is 10.1. The average molecular weight is 621 g/mol. The van der Waals surface area contributed by atoms with Crippen LogP contribution in [-0.2, 0) is 47.6 Å². The molecule has 1 aromatic carbocycles. The van der Waals surface area contributed by atoms with Crippen molar-refractivity contribution in [1.29, 1.82) is 0 Å². The van der Waals surface area contributed by atoms with Crippen LogP contribution in [0.2, 0.25) is 0 Å². The van der Waals surface area contributed by atoms with Gasteiger partial charge in [-0.25, -0.2) is 9.59 Å². The Morgan fingerprint density at radius 2 is 1.58 bits per heavy atom. The van der Waals surface area contributed by atoms with Crippen LogP contribution in [0.1, 0.15) is 71.2 Å². The zero-order chi connectivity index (χ0) is 32.8. The second kappa shape index (κ2) is 8.43. The number of hydrogen-bond donors (Lipinski definition) is 0. The lowest BCUT2D eigenvalue weighted by Gasteiger charge is -2.69. The highest BCUT2D eigenvalue weighted by Crippen LogP contribution is 2.85. The predicted molar refractivity (Wildman–Crippen MR) is 153 cm³/mol. The first-order chi connectivity index (χ1) is 20.9. The van der Waals surface area contributed by atoms with Gasteiger partial charge in [0.15, 0.2) is 11.7 Å². The van der Waals surface area contributed by atoms with E-state index >= 15 is 0 Å². The summed E-state index contributed by atoms with van der Waals surface area (Å²) in [5.74, 6) is -3.49. The van der Waals surface area contributed by atoms with Gasteiger partial charge in [0, 0.05) is 18.8 Å². The first-order valence-electron chi connectivity index (χ1n) is 15.1. The minimum Gasteiger partial charge on any atom is -0.459 e. The Balaban J connectivity index is 1.58. The number of hydrogen-bond acceptors (Lipinski definition) is 11. The Kier molecular flexibility index (Phi) is 5.56. The molecule has 0 amide bonds. The van der Waals surface area contributed by atoms with Gasteiger partial charge >= 0.3 is 29.8 Å². The van der Waals surface area contributed by atoms with E-state index in [1.54, 1.807) is 51.1 Å². The van der Waals surface area contributed by atoms with E-state index in [-0.39, 0.29) is 30.4 Å². The molecule has 11 heteroatoms. The molecule has 238 valence electrons. The molecule has 1 unspecified atom stereocenters. The maximum atomic E-state index is 14.5. The van der Waals surface area contributed by atoms with Gasteiger partial charge in [-0.15, -0.1) is 0 Å². The summed E-state index contributed by atoms with van der Waals surface area (Å²) < 4.78 is 37.5. The zero-order valence-electron chi connectivity index (χ0n) is 26.1. The number of benzene rings is 1. The molecule has 7 rings (SSSR count). The second-order valence-electron chi connectivity index (χ2n) is 14.0. The van der Waals surface area contributed by atoms with E-state index in [2.05, 4.69) is 13.2 Å². The van der Waals surface area contributed by atoms with Crippen LogP contribution < -0.4 is 0 Å². The van der Waals surface area contributed by atoms with Gasteiger partial charge in [0.1, 0.15) is 28.8 Å². The van der Waals surface area contributed by atoms with E-state index in [0.717, 1.165) is 0 Å². The van der Waals surface area contributed by atoms with E-state index in [1.165, 1.54) is 20.8 Å². The van der Waals surface area contributed by atoms with E-state index in [1.807, 2.05) is 0 Å². The molecular weight excluding hydrogens is 584 g/mol. The molecule has 1 aromatic rings. The van der Waals surface area contributed by atoms with Crippen LogP contribution >= 0.6 is 0 Å². The Morgan fingerprint density at radius 1 is 0.911 bits per heavy atom. The molecule has 45 heavy (non-hydrogen) atoms. The molecular formula is C34H36O11. The molecule has 6 fully saturated rings. The summed E-state index contributed by atoms with van der Waals surface area (Å²) in [4.78, 5) is 68.3. The Hall–Kier alpha value is -3.99. The van der Waals surface area contributed by atoms with E-state index in [0.29, 0.717) is 5.57 Å². The number of carbonyl (C=O) groups excluding carboxylic acids is 5. The standard InChI is InChI=1S/C34H36O11/c1-17-29(7)25(41-20(4)35)33-18(2)31(15-14-23(36)43-28(31,5)6)16-22(42-24(37)21-12-10-9-11-13-21)30(33,8)32(17)26(38)40-19(3)34(32,45-33)27(39)44-29/h9-13,19,22,25H,1-2,14-16H2,3-8H3/t19-,22-,25-,29+,30-,31+,32+,33?,34-/m0/s1. The van der Waals surface area contributed by atoms with Crippen molar-refractivity contribution < 1.29 is 52.4 Å². The van der Waals surface area contributed by atoms with E-state index < -0.39 is 86.8 Å². The Morgan fingerprint density at radius 3 is 2.20 bits per heavy atom. The highest BCUT2D eigenvalue weighted by molar-refractivity contribution is 6.03. The van der Waals surface area contributed by atoms with Crippen molar-refractivity contribution in [3.05, 3.63) is 60.2 Å². The lowest BCUT2D eigenvalue weighted by atomic mass is 9.34. The van der Waals surface area contributed by atoms with Crippen molar-refractivity contribution in [3.63, 3.8) is 0 Å². The van der Waals surface area contributed by atoms with Gasteiger partial charge in [0.05, 0.1) is 11.0 Å². The SMILES string of the molecule is C=C1C23O[C@@]45C(=O)O[C@](C)(C(=C)[C@@]4(C(=O)O[C@H]5C)[C@]2(C)[C@@H](OC(=O)c2ccccc2)C[C@]12CCC(=O)OC2(C)C)[C@@H]3OC(C)=O. The topological polar surface area (TPSA) is 141 Å². The first kappa shape index (κ1) is 29.7. The van der Waals surface area contributed by atoms with Crippen molar-refractivity contribution in [2.75, 3.05) is 0 Å². The van der Waals surface area contributed by atoms with Gasteiger partial charge in [0.2, 0.25) is 5.60 Å². The summed E-state index contributed by atoms with van der Waals surface area (Å²) in [5.41, 5.74) is -11.0. The first-order valence-corrected chi connectivity index (χ1v) is 15.1. The molecule has 2 spiro atoms. The number of rotatable bonds is 3. The summed E-state index contributed by atoms with van der Waals surface area (Å²) in [6.07, 6.45) is -3.51. The van der Waals surface area contributed by atoms with Crippen LogP contribution in [0.5, 0.6) is 0 Å². The summed E-state index contributed by atoms with van der Waals surface area (Å²) >= 11 is 0. The highest BCUT2D eigenvalue weighted by Gasteiger charge is 3.01. The normalized spacial score (nSPS) is 45.3. The number of fused-ring (bicyclic) bond motifs is 1. The largest absolute Gasteiger partial charge is 0.459 e. The minimum absolute atomic E-state index is 0.0148. The number of carbonyl (C=O) groups is 5. The molecule has 11 nitrogen and oxygen atoms in total. The van der Waals surface area contributed by atoms with Crippen molar-refractivity contribution in [2.24, 2.45) is 16.2 Å². The minimum atomic E-state index is -2.09. The third-order valence-electron chi connectivity index (χ3n) is 12.1. The third kappa shape index (κ3) is 2.83. The summed E-state index contributed by atoms with van der Waals surface area (Å²) in [5, 5.41) is 0. The number of ether oxygens (including phenoxy) is 6. The lowest BCUT2D eigenvalue weighted by molar-refractivity contribution is -0.269. The molecule has 6 aliphatic rings. The van der Waals surface area contributed by atoms with Crippen LogP contribution in [0.4, 0.5) is 0 Å². The maximum absolute atomic E-state index is 14.5. The molecule has 3 bridgehead atoms. The maximum Gasteiger partial charge on any atom is 0.345 e. The van der Waals surface area contributed by atoms with Crippen LogP contribution in [-0.4, -0.2) is 70.6 Å². The summed E-state index contributed by atoms with van der Waals surface area (Å²) in [7, 11) is 0. The zero-order valence-corrected chi connectivity index (χ0v) is 26.1. The average Bonchev–Trinajstić information content (AvgIpc) is 3.28. The number of esters is 5. The van der Waals surface area contributed by atoms with Gasteiger partial charge in [-0.05, 0) is 63.8 Å². The van der Waals surface area contributed by atoms with Crippen molar-refractivity contribution in [2.45, 2.75) is 102 Å². The monoisotopic (exact) mass is 620 g/mol.